The molecule has 1 atom stereocenters. The average molecular weight is 229 g/mol. The van der Waals surface area contributed by atoms with E-state index in [0.717, 1.165) is 6.26 Å². The second-order valence-electron chi connectivity index (χ2n) is 3.21. The van der Waals surface area contributed by atoms with E-state index in [0.29, 0.717) is 5.56 Å². The lowest BCUT2D eigenvalue weighted by Gasteiger charge is -2.09. The van der Waals surface area contributed by atoms with Crippen molar-refractivity contribution >= 4 is 15.8 Å². The number of hydrogen-bond acceptors (Lipinski definition) is 4. The zero-order chi connectivity index (χ0) is 11.6. The van der Waals surface area contributed by atoms with Crippen molar-refractivity contribution in [3.63, 3.8) is 0 Å². The highest BCUT2D eigenvalue weighted by Crippen LogP contribution is 2.13. The summed E-state index contributed by atoms with van der Waals surface area (Å²) in [5, 5.41) is 10.5. The molecule has 0 aromatic heterocycles. The second kappa shape index (κ2) is 4.00. The molecule has 0 aliphatic carbocycles. The van der Waals surface area contributed by atoms with Gasteiger partial charge in [0.05, 0.1) is 4.90 Å². The van der Waals surface area contributed by atoms with Crippen molar-refractivity contribution < 1.29 is 24.1 Å². The number of carbonyl (C=O) groups is 1. The molecule has 15 heavy (non-hydrogen) atoms. The molecule has 0 aliphatic heterocycles. The minimum atomic E-state index is -3.25. The van der Waals surface area contributed by atoms with Gasteiger partial charge in [-0.05, 0) is 12.1 Å². The summed E-state index contributed by atoms with van der Waals surface area (Å²) in [6.45, 7) is 0. The van der Waals surface area contributed by atoms with Crippen LogP contribution in [0.2, 0.25) is 0 Å². The number of aliphatic carboxylic acids is 1. The lowest BCUT2D eigenvalue weighted by molar-refractivity contribution is -0.443. The average Bonchev–Trinajstić information content (AvgIpc) is 2.15. The molecule has 1 aromatic carbocycles. The summed E-state index contributed by atoms with van der Waals surface area (Å²) >= 11 is 0. The molecule has 3 N–H and O–H groups in total. The normalized spacial score (nSPS) is 13.5. The first-order chi connectivity index (χ1) is 6.82. The third kappa shape index (κ3) is 2.77. The highest BCUT2D eigenvalue weighted by molar-refractivity contribution is 7.90. The lowest BCUT2D eigenvalue weighted by atomic mass is 10.1. The van der Waals surface area contributed by atoms with Crippen molar-refractivity contribution in [3.05, 3.63) is 29.8 Å². The fourth-order valence-corrected chi connectivity index (χ4v) is 1.71. The zero-order valence-electron chi connectivity index (χ0n) is 8.14. The first kappa shape index (κ1) is 11.7. The van der Waals surface area contributed by atoms with E-state index in [9.17, 15) is 18.3 Å². The minimum Gasteiger partial charge on any atom is -0.544 e. The molecular formula is C9H11NO4S. The van der Waals surface area contributed by atoms with Crippen molar-refractivity contribution in [3.8, 4) is 0 Å². The van der Waals surface area contributed by atoms with Crippen LogP contribution in [0.15, 0.2) is 29.2 Å². The summed E-state index contributed by atoms with van der Waals surface area (Å²) in [5.41, 5.74) is 3.81. The number of sulfone groups is 1. The maximum atomic E-state index is 11.1. The fourth-order valence-electron chi connectivity index (χ4n) is 1.08. The second-order valence-corrected chi connectivity index (χ2v) is 5.23. The Labute approximate surface area is 87.4 Å². The van der Waals surface area contributed by atoms with Crippen molar-refractivity contribution in [2.24, 2.45) is 0 Å². The van der Waals surface area contributed by atoms with Gasteiger partial charge in [0.2, 0.25) is 0 Å². The SMILES string of the molecule is CS(=O)(=O)c1ccc([C@@H]([NH3+])C(=O)[O-])cc1. The largest absolute Gasteiger partial charge is 0.544 e. The van der Waals surface area contributed by atoms with E-state index in [4.69, 9.17) is 0 Å². The van der Waals surface area contributed by atoms with Crippen molar-refractivity contribution in [2.45, 2.75) is 10.9 Å². The van der Waals surface area contributed by atoms with E-state index in [1.54, 1.807) is 0 Å². The molecule has 82 valence electrons. The molecule has 1 aromatic rings. The van der Waals surface area contributed by atoms with Crippen LogP contribution in [-0.2, 0) is 14.6 Å². The van der Waals surface area contributed by atoms with Gasteiger partial charge in [0.15, 0.2) is 15.9 Å². The lowest BCUT2D eigenvalue weighted by Crippen LogP contribution is -2.61. The Balaban J connectivity index is 3.06. The molecule has 0 fully saturated rings. The molecule has 0 radical (unpaired) electrons. The van der Waals surface area contributed by atoms with Crippen LogP contribution < -0.4 is 10.8 Å². The number of carboxylic acids is 1. The van der Waals surface area contributed by atoms with Gasteiger partial charge in [-0.15, -0.1) is 0 Å². The van der Waals surface area contributed by atoms with Crippen LogP contribution in [0, 0.1) is 0 Å². The van der Waals surface area contributed by atoms with Gasteiger partial charge in [-0.3, -0.25) is 0 Å². The maximum Gasteiger partial charge on any atom is 0.175 e. The molecule has 6 heteroatoms. The number of carbonyl (C=O) groups excluding carboxylic acids is 1. The van der Waals surface area contributed by atoms with Gasteiger partial charge in [-0.2, -0.15) is 0 Å². The molecule has 0 saturated heterocycles. The topological polar surface area (TPSA) is 102 Å². The standard InChI is InChI=1S/C9H11NO4S/c1-15(13,14)7-4-2-6(3-5-7)8(10)9(11)12/h2-5,8H,10H2,1H3,(H,11,12)/t8-/m1/s1. The van der Waals surface area contributed by atoms with E-state index in [2.05, 4.69) is 5.73 Å². The summed E-state index contributed by atoms with van der Waals surface area (Å²) in [6.07, 6.45) is 1.09. The Kier molecular flexibility index (Phi) is 3.11. The van der Waals surface area contributed by atoms with Crippen LogP contribution in [0.5, 0.6) is 0 Å². The molecule has 0 unspecified atom stereocenters. The van der Waals surface area contributed by atoms with Crippen molar-refractivity contribution in [1.29, 1.82) is 0 Å². The Morgan fingerprint density at radius 3 is 2.13 bits per heavy atom. The quantitative estimate of drug-likeness (QED) is 0.655. The third-order valence-electron chi connectivity index (χ3n) is 2.00. The van der Waals surface area contributed by atoms with Crippen LogP contribution >= 0.6 is 0 Å². The molecule has 0 heterocycles. The van der Waals surface area contributed by atoms with Gasteiger partial charge in [0.1, 0.15) is 5.97 Å². The molecule has 1 rings (SSSR count). The number of quaternary nitrogens is 1. The van der Waals surface area contributed by atoms with Gasteiger partial charge >= 0.3 is 0 Å². The molecule has 0 saturated carbocycles. The molecule has 0 aliphatic rings. The van der Waals surface area contributed by atoms with E-state index < -0.39 is 21.8 Å². The Hall–Kier alpha value is -1.40. The predicted molar refractivity (Wildman–Crippen MR) is 50.2 cm³/mol. The summed E-state index contributed by atoms with van der Waals surface area (Å²) in [5.74, 6) is -1.29. The molecule has 5 nitrogen and oxygen atoms in total. The minimum absolute atomic E-state index is 0.150. The number of rotatable bonds is 3. The van der Waals surface area contributed by atoms with E-state index >= 15 is 0 Å². The third-order valence-corrected chi connectivity index (χ3v) is 3.12. The van der Waals surface area contributed by atoms with Crippen LogP contribution in [0.3, 0.4) is 0 Å². The predicted octanol–water partition coefficient (Wildman–Crippen LogP) is -1.88. The van der Waals surface area contributed by atoms with E-state index in [-0.39, 0.29) is 4.90 Å². The van der Waals surface area contributed by atoms with Gasteiger partial charge in [0.25, 0.3) is 0 Å². The number of benzene rings is 1. The first-order valence-corrected chi connectivity index (χ1v) is 6.05. The highest BCUT2D eigenvalue weighted by atomic mass is 32.2. The maximum absolute atomic E-state index is 11.1. The summed E-state index contributed by atoms with van der Waals surface area (Å²) in [4.78, 5) is 10.6. The first-order valence-electron chi connectivity index (χ1n) is 4.16. The highest BCUT2D eigenvalue weighted by Gasteiger charge is 2.12. The monoisotopic (exact) mass is 229 g/mol. The number of hydrogen-bond donors (Lipinski definition) is 1. The fraction of sp³-hybridized carbons (Fsp3) is 0.222. The van der Waals surface area contributed by atoms with Gasteiger partial charge in [0, 0.05) is 11.8 Å². The summed E-state index contributed by atoms with van der Waals surface area (Å²) in [7, 11) is -3.25. The van der Waals surface area contributed by atoms with Crippen LogP contribution in [0.25, 0.3) is 0 Å². The molecule has 0 bridgehead atoms. The van der Waals surface area contributed by atoms with E-state index in [1.807, 2.05) is 0 Å². The molecule has 0 spiro atoms. The van der Waals surface area contributed by atoms with Crippen molar-refractivity contribution in [1.82, 2.24) is 0 Å². The molecular weight excluding hydrogens is 218 g/mol. The van der Waals surface area contributed by atoms with E-state index in [1.165, 1.54) is 24.3 Å². The zero-order valence-corrected chi connectivity index (χ0v) is 8.95. The van der Waals surface area contributed by atoms with Crippen molar-refractivity contribution in [2.75, 3.05) is 6.26 Å². The smallest absolute Gasteiger partial charge is 0.175 e. The van der Waals surface area contributed by atoms with Gasteiger partial charge < -0.3 is 15.6 Å². The van der Waals surface area contributed by atoms with Crippen LogP contribution in [0.1, 0.15) is 11.6 Å². The Morgan fingerprint density at radius 1 is 1.33 bits per heavy atom. The Bertz CT molecular complexity index is 463. The van der Waals surface area contributed by atoms with Gasteiger partial charge in [-0.1, -0.05) is 12.1 Å². The van der Waals surface area contributed by atoms with Crippen LogP contribution in [0.4, 0.5) is 0 Å². The summed E-state index contributed by atoms with van der Waals surface area (Å²) in [6, 6.07) is 4.56. The van der Waals surface area contributed by atoms with Crippen LogP contribution in [-0.4, -0.2) is 20.6 Å². The van der Waals surface area contributed by atoms with Gasteiger partial charge in [-0.25, -0.2) is 8.42 Å². The Morgan fingerprint density at radius 2 is 1.80 bits per heavy atom. The molecule has 0 amide bonds. The number of carboxylic acid groups (broad SMARTS) is 1. The summed E-state index contributed by atoms with van der Waals surface area (Å²) < 4.78 is 22.2.